The van der Waals surface area contributed by atoms with E-state index >= 15 is 0 Å². The van der Waals surface area contributed by atoms with Gasteiger partial charge in [-0.25, -0.2) is 9.37 Å². The van der Waals surface area contributed by atoms with Gasteiger partial charge in [0.15, 0.2) is 0 Å². The molecule has 0 fully saturated rings. The lowest BCUT2D eigenvalue weighted by molar-refractivity contribution is -0.121. The fourth-order valence-electron chi connectivity index (χ4n) is 2.64. The molecule has 1 N–H and O–H groups in total. The van der Waals surface area contributed by atoms with Crippen molar-refractivity contribution in [1.29, 1.82) is 0 Å². The van der Waals surface area contributed by atoms with Crippen LogP contribution in [-0.4, -0.2) is 15.5 Å². The van der Waals surface area contributed by atoms with Crippen LogP contribution in [0.25, 0.3) is 0 Å². The van der Waals surface area contributed by atoms with Crippen LogP contribution in [0.3, 0.4) is 0 Å². The number of hydrogen-bond acceptors (Lipinski definition) is 2. The Morgan fingerprint density at radius 1 is 1.17 bits per heavy atom. The zero-order valence-corrected chi connectivity index (χ0v) is 13.3. The van der Waals surface area contributed by atoms with Gasteiger partial charge in [0.2, 0.25) is 5.91 Å². The summed E-state index contributed by atoms with van der Waals surface area (Å²) < 4.78 is 16.0. The molecule has 0 saturated carbocycles. The standard InChI is InChI=1S/C19H18FN3O/c1-23-12-11-21-19(23)18(15-9-5-6-10-16(15)20)22-17(24)13-14-7-3-2-4-8-14/h2-12,18H,13H2,1H3,(H,22,24)/t18-/m1/s1. The summed E-state index contributed by atoms with van der Waals surface area (Å²) in [5.41, 5.74) is 1.30. The quantitative estimate of drug-likeness (QED) is 0.784. The van der Waals surface area contributed by atoms with Crippen LogP contribution in [0.2, 0.25) is 0 Å². The molecule has 0 bridgehead atoms. The molecule has 1 amide bonds. The third kappa shape index (κ3) is 3.51. The van der Waals surface area contributed by atoms with Gasteiger partial charge in [-0.3, -0.25) is 4.79 Å². The number of carbonyl (C=O) groups is 1. The van der Waals surface area contributed by atoms with Crippen molar-refractivity contribution in [2.24, 2.45) is 7.05 Å². The lowest BCUT2D eigenvalue weighted by Crippen LogP contribution is -2.32. The topological polar surface area (TPSA) is 46.9 Å². The average molecular weight is 323 g/mol. The van der Waals surface area contributed by atoms with E-state index in [1.165, 1.54) is 6.07 Å². The van der Waals surface area contributed by atoms with E-state index < -0.39 is 6.04 Å². The van der Waals surface area contributed by atoms with Gasteiger partial charge in [0.1, 0.15) is 17.7 Å². The molecule has 0 aliphatic rings. The van der Waals surface area contributed by atoms with Crippen molar-refractivity contribution >= 4 is 5.91 Å². The first-order chi connectivity index (χ1) is 11.6. The number of carbonyl (C=O) groups excluding carboxylic acids is 1. The predicted octanol–water partition coefficient (Wildman–Crippen LogP) is 3.01. The molecule has 0 unspecified atom stereocenters. The summed E-state index contributed by atoms with van der Waals surface area (Å²) in [7, 11) is 1.82. The van der Waals surface area contributed by atoms with Gasteiger partial charge in [0.25, 0.3) is 0 Å². The van der Waals surface area contributed by atoms with Gasteiger partial charge in [-0.15, -0.1) is 0 Å². The molecule has 0 aliphatic carbocycles. The molecular weight excluding hydrogens is 305 g/mol. The number of nitrogens with zero attached hydrogens (tertiary/aromatic N) is 2. The molecule has 122 valence electrons. The number of aryl methyl sites for hydroxylation is 1. The smallest absolute Gasteiger partial charge is 0.225 e. The van der Waals surface area contributed by atoms with Crippen molar-refractivity contribution in [3.8, 4) is 0 Å². The summed E-state index contributed by atoms with van der Waals surface area (Å²) in [6.07, 6.45) is 3.63. The molecule has 0 radical (unpaired) electrons. The van der Waals surface area contributed by atoms with Gasteiger partial charge in [0.05, 0.1) is 6.42 Å². The van der Waals surface area contributed by atoms with E-state index in [0.717, 1.165) is 5.56 Å². The Bertz CT molecular complexity index is 829. The van der Waals surface area contributed by atoms with E-state index in [-0.39, 0.29) is 18.1 Å². The van der Waals surface area contributed by atoms with Crippen LogP contribution in [-0.2, 0) is 18.3 Å². The lowest BCUT2D eigenvalue weighted by Gasteiger charge is -2.19. The van der Waals surface area contributed by atoms with E-state index in [9.17, 15) is 9.18 Å². The fourth-order valence-corrected chi connectivity index (χ4v) is 2.64. The van der Waals surface area contributed by atoms with Crippen LogP contribution >= 0.6 is 0 Å². The molecule has 1 aromatic heterocycles. The van der Waals surface area contributed by atoms with Gasteiger partial charge in [-0.2, -0.15) is 0 Å². The van der Waals surface area contributed by atoms with Crippen molar-refractivity contribution in [2.45, 2.75) is 12.5 Å². The minimum atomic E-state index is -0.637. The van der Waals surface area contributed by atoms with E-state index in [1.54, 1.807) is 35.2 Å². The van der Waals surface area contributed by atoms with Gasteiger partial charge in [-0.05, 0) is 11.6 Å². The zero-order valence-electron chi connectivity index (χ0n) is 13.3. The number of benzene rings is 2. The first kappa shape index (κ1) is 15.9. The van der Waals surface area contributed by atoms with Crippen molar-refractivity contribution < 1.29 is 9.18 Å². The summed E-state index contributed by atoms with van der Waals surface area (Å²) in [5, 5.41) is 2.90. The number of hydrogen-bond donors (Lipinski definition) is 1. The first-order valence-corrected chi connectivity index (χ1v) is 7.70. The monoisotopic (exact) mass is 323 g/mol. The minimum absolute atomic E-state index is 0.183. The molecule has 2 aromatic carbocycles. The highest BCUT2D eigenvalue weighted by molar-refractivity contribution is 5.79. The van der Waals surface area contributed by atoms with Gasteiger partial charge in [0, 0.05) is 25.0 Å². The maximum Gasteiger partial charge on any atom is 0.225 e. The van der Waals surface area contributed by atoms with E-state index in [4.69, 9.17) is 0 Å². The number of rotatable bonds is 5. The Hall–Kier alpha value is -2.95. The number of amides is 1. The Morgan fingerprint density at radius 2 is 1.88 bits per heavy atom. The summed E-state index contributed by atoms with van der Waals surface area (Å²) in [4.78, 5) is 16.7. The van der Waals surface area contributed by atoms with Gasteiger partial charge < -0.3 is 9.88 Å². The molecule has 0 spiro atoms. The summed E-state index contributed by atoms with van der Waals surface area (Å²) in [5.74, 6) is 0.0319. The largest absolute Gasteiger partial charge is 0.342 e. The number of aromatic nitrogens is 2. The number of halogens is 1. The molecule has 1 heterocycles. The van der Waals surface area contributed by atoms with Gasteiger partial charge in [-0.1, -0.05) is 48.5 Å². The Balaban J connectivity index is 1.87. The van der Waals surface area contributed by atoms with Crippen LogP contribution in [0.4, 0.5) is 4.39 Å². The van der Waals surface area contributed by atoms with Crippen LogP contribution in [0.1, 0.15) is 23.0 Å². The summed E-state index contributed by atoms with van der Waals surface area (Å²) in [6.45, 7) is 0. The maximum atomic E-state index is 14.3. The van der Waals surface area contributed by atoms with Crippen molar-refractivity contribution in [2.75, 3.05) is 0 Å². The zero-order chi connectivity index (χ0) is 16.9. The SMILES string of the molecule is Cn1ccnc1[C@H](NC(=O)Cc1ccccc1)c1ccccc1F. The van der Waals surface area contributed by atoms with E-state index in [2.05, 4.69) is 10.3 Å². The average Bonchev–Trinajstić information content (AvgIpc) is 3.00. The Kier molecular flexibility index (Phi) is 4.70. The molecule has 3 aromatic rings. The van der Waals surface area contributed by atoms with Crippen LogP contribution in [0.5, 0.6) is 0 Å². The first-order valence-electron chi connectivity index (χ1n) is 7.70. The Morgan fingerprint density at radius 3 is 2.54 bits per heavy atom. The highest BCUT2D eigenvalue weighted by Crippen LogP contribution is 2.23. The van der Waals surface area contributed by atoms with Gasteiger partial charge >= 0.3 is 0 Å². The second-order valence-electron chi connectivity index (χ2n) is 5.58. The molecule has 5 heteroatoms. The molecule has 0 saturated heterocycles. The highest BCUT2D eigenvalue weighted by Gasteiger charge is 2.23. The maximum absolute atomic E-state index is 14.3. The highest BCUT2D eigenvalue weighted by atomic mass is 19.1. The number of nitrogens with one attached hydrogen (secondary N) is 1. The molecule has 1 atom stereocenters. The van der Waals surface area contributed by atoms with Crippen LogP contribution < -0.4 is 5.32 Å². The fraction of sp³-hybridized carbons (Fsp3) is 0.158. The Labute approximate surface area is 140 Å². The van der Waals surface area contributed by atoms with E-state index in [1.807, 2.05) is 37.4 Å². The summed E-state index contributed by atoms with van der Waals surface area (Å²) in [6, 6.07) is 15.2. The molecular formula is C19H18FN3O. The van der Waals surface area contributed by atoms with E-state index in [0.29, 0.717) is 11.4 Å². The summed E-state index contributed by atoms with van der Waals surface area (Å²) >= 11 is 0. The molecule has 0 aliphatic heterocycles. The lowest BCUT2D eigenvalue weighted by atomic mass is 10.0. The van der Waals surface area contributed by atoms with Crippen LogP contribution in [0, 0.1) is 5.82 Å². The predicted molar refractivity (Wildman–Crippen MR) is 89.7 cm³/mol. The number of imidazole rings is 1. The second-order valence-corrected chi connectivity index (χ2v) is 5.58. The van der Waals surface area contributed by atoms with Crippen molar-refractivity contribution in [1.82, 2.24) is 14.9 Å². The molecule has 3 rings (SSSR count). The third-order valence-electron chi connectivity index (χ3n) is 3.85. The van der Waals surface area contributed by atoms with Crippen molar-refractivity contribution in [3.05, 3.63) is 89.8 Å². The second kappa shape index (κ2) is 7.08. The molecule has 4 nitrogen and oxygen atoms in total. The molecule has 24 heavy (non-hydrogen) atoms. The van der Waals surface area contributed by atoms with Crippen LogP contribution in [0.15, 0.2) is 67.0 Å². The van der Waals surface area contributed by atoms with Crippen molar-refractivity contribution in [3.63, 3.8) is 0 Å². The normalized spacial score (nSPS) is 11.9. The third-order valence-corrected chi connectivity index (χ3v) is 3.85. The minimum Gasteiger partial charge on any atom is -0.342 e.